The topological polar surface area (TPSA) is 46.3 Å². The van der Waals surface area contributed by atoms with Crippen LogP contribution in [0.2, 0.25) is 0 Å². The number of nitrogens with zero attached hydrogens (tertiary/aromatic N) is 1. The van der Waals surface area contributed by atoms with Gasteiger partial charge in [-0.15, -0.1) is 0 Å². The predicted molar refractivity (Wildman–Crippen MR) is 82.1 cm³/mol. The molecule has 2 rings (SSSR count). The summed E-state index contributed by atoms with van der Waals surface area (Å²) in [7, 11) is 0. The van der Waals surface area contributed by atoms with Crippen molar-refractivity contribution in [1.82, 2.24) is 4.90 Å². The number of rotatable bonds is 5. The molecular weight excluding hydrogens is 248 g/mol. The van der Waals surface area contributed by atoms with Gasteiger partial charge < -0.3 is 10.6 Å². The molecule has 0 bridgehead atoms. The number of nitrogens with two attached hydrogens (primary N) is 1. The van der Waals surface area contributed by atoms with Crippen molar-refractivity contribution in [1.29, 1.82) is 0 Å². The van der Waals surface area contributed by atoms with Crippen molar-refractivity contribution in [2.45, 2.75) is 19.9 Å². The zero-order valence-electron chi connectivity index (χ0n) is 11.8. The van der Waals surface area contributed by atoms with Crippen LogP contribution in [0.4, 0.5) is 5.69 Å². The Labute approximate surface area is 120 Å². The summed E-state index contributed by atoms with van der Waals surface area (Å²) in [5.74, 6) is 0.127. The fourth-order valence-corrected chi connectivity index (χ4v) is 2.17. The first-order valence-corrected chi connectivity index (χ1v) is 6.85. The van der Waals surface area contributed by atoms with Gasteiger partial charge in [-0.3, -0.25) is 4.79 Å². The third kappa shape index (κ3) is 3.85. The summed E-state index contributed by atoms with van der Waals surface area (Å²) in [6, 6.07) is 17.5. The van der Waals surface area contributed by atoms with Gasteiger partial charge in [0.15, 0.2) is 0 Å². The van der Waals surface area contributed by atoms with E-state index in [0.717, 1.165) is 11.1 Å². The average molecular weight is 268 g/mol. The van der Waals surface area contributed by atoms with Gasteiger partial charge >= 0.3 is 0 Å². The molecule has 0 saturated heterocycles. The summed E-state index contributed by atoms with van der Waals surface area (Å²) < 4.78 is 0. The molecule has 3 nitrogen and oxygen atoms in total. The van der Waals surface area contributed by atoms with E-state index < -0.39 is 0 Å². The maximum absolute atomic E-state index is 12.3. The van der Waals surface area contributed by atoms with E-state index in [4.69, 9.17) is 5.73 Å². The molecule has 1 amide bonds. The SMILES string of the molecule is CCN(Cc1ccccc1)C(=O)Cc1cccc(N)c1. The van der Waals surface area contributed by atoms with Crippen molar-refractivity contribution in [2.75, 3.05) is 12.3 Å². The molecule has 0 saturated carbocycles. The van der Waals surface area contributed by atoms with Gasteiger partial charge in [0.05, 0.1) is 6.42 Å². The van der Waals surface area contributed by atoms with E-state index in [-0.39, 0.29) is 5.91 Å². The van der Waals surface area contributed by atoms with Crippen LogP contribution >= 0.6 is 0 Å². The second-order valence-corrected chi connectivity index (χ2v) is 4.82. The average Bonchev–Trinajstić information content (AvgIpc) is 2.45. The van der Waals surface area contributed by atoms with E-state index in [0.29, 0.717) is 25.2 Å². The summed E-state index contributed by atoms with van der Waals surface area (Å²) in [5.41, 5.74) is 8.55. The van der Waals surface area contributed by atoms with Crippen LogP contribution in [0.5, 0.6) is 0 Å². The van der Waals surface area contributed by atoms with Gasteiger partial charge in [0.2, 0.25) is 5.91 Å². The summed E-state index contributed by atoms with van der Waals surface area (Å²) in [6.45, 7) is 3.36. The van der Waals surface area contributed by atoms with Crippen LogP contribution in [0.1, 0.15) is 18.1 Å². The molecule has 2 aromatic rings. The van der Waals surface area contributed by atoms with E-state index in [1.54, 1.807) is 0 Å². The Kier molecular flexibility index (Phi) is 4.77. The Bertz CT molecular complexity index is 566. The first-order chi connectivity index (χ1) is 9.69. The van der Waals surface area contributed by atoms with Crippen LogP contribution < -0.4 is 5.73 Å². The number of amides is 1. The molecule has 3 heteroatoms. The third-order valence-electron chi connectivity index (χ3n) is 3.26. The second-order valence-electron chi connectivity index (χ2n) is 4.82. The number of hydrogen-bond acceptors (Lipinski definition) is 2. The Balaban J connectivity index is 2.02. The molecule has 0 aliphatic rings. The summed E-state index contributed by atoms with van der Waals surface area (Å²) >= 11 is 0. The molecule has 0 fully saturated rings. The Hall–Kier alpha value is -2.29. The Morgan fingerprint density at radius 2 is 1.75 bits per heavy atom. The Morgan fingerprint density at radius 3 is 2.40 bits per heavy atom. The molecule has 20 heavy (non-hydrogen) atoms. The normalized spacial score (nSPS) is 10.2. The molecule has 104 valence electrons. The van der Waals surface area contributed by atoms with Crippen molar-refractivity contribution in [3.63, 3.8) is 0 Å². The standard InChI is InChI=1S/C17H20N2O/c1-2-19(13-14-7-4-3-5-8-14)17(20)12-15-9-6-10-16(18)11-15/h3-11H,2,12-13,18H2,1H3. The fraction of sp³-hybridized carbons (Fsp3) is 0.235. The third-order valence-corrected chi connectivity index (χ3v) is 3.26. The van der Waals surface area contributed by atoms with Crippen LogP contribution in [0, 0.1) is 0 Å². The summed E-state index contributed by atoms with van der Waals surface area (Å²) in [4.78, 5) is 14.2. The molecule has 0 radical (unpaired) electrons. The van der Waals surface area contributed by atoms with Crippen LogP contribution in [-0.2, 0) is 17.8 Å². The molecule has 0 atom stereocenters. The van der Waals surface area contributed by atoms with E-state index in [2.05, 4.69) is 0 Å². The number of benzene rings is 2. The maximum Gasteiger partial charge on any atom is 0.227 e. The zero-order valence-corrected chi connectivity index (χ0v) is 11.8. The van der Waals surface area contributed by atoms with Crippen molar-refractivity contribution in [3.8, 4) is 0 Å². The fourth-order valence-electron chi connectivity index (χ4n) is 2.17. The minimum atomic E-state index is 0.127. The minimum Gasteiger partial charge on any atom is -0.399 e. The number of hydrogen-bond donors (Lipinski definition) is 1. The number of carbonyl (C=O) groups excluding carboxylic acids is 1. The first kappa shape index (κ1) is 14.1. The quantitative estimate of drug-likeness (QED) is 0.848. The van der Waals surface area contributed by atoms with E-state index >= 15 is 0 Å². The maximum atomic E-state index is 12.3. The van der Waals surface area contributed by atoms with Gasteiger partial charge in [-0.2, -0.15) is 0 Å². The lowest BCUT2D eigenvalue weighted by Gasteiger charge is -2.21. The lowest BCUT2D eigenvalue weighted by Crippen LogP contribution is -2.31. The molecule has 2 aromatic carbocycles. The lowest BCUT2D eigenvalue weighted by molar-refractivity contribution is -0.130. The van der Waals surface area contributed by atoms with E-state index in [9.17, 15) is 4.79 Å². The van der Waals surface area contributed by atoms with Crippen molar-refractivity contribution >= 4 is 11.6 Å². The first-order valence-electron chi connectivity index (χ1n) is 6.85. The van der Waals surface area contributed by atoms with Gasteiger partial charge in [-0.05, 0) is 30.2 Å². The summed E-state index contributed by atoms with van der Waals surface area (Å²) in [6.07, 6.45) is 0.395. The van der Waals surface area contributed by atoms with Gasteiger partial charge in [0, 0.05) is 18.8 Å². The largest absolute Gasteiger partial charge is 0.399 e. The zero-order chi connectivity index (χ0) is 14.4. The predicted octanol–water partition coefficient (Wildman–Crippen LogP) is 2.86. The number of nitrogen functional groups attached to an aromatic ring is 1. The second kappa shape index (κ2) is 6.75. The number of likely N-dealkylation sites (N-methyl/N-ethyl adjacent to an activating group) is 1. The van der Waals surface area contributed by atoms with Crippen LogP contribution in [0.25, 0.3) is 0 Å². The smallest absolute Gasteiger partial charge is 0.227 e. The van der Waals surface area contributed by atoms with Gasteiger partial charge in [0.25, 0.3) is 0 Å². The highest BCUT2D eigenvalue weighted by atomic mass is 16.2. The van der Waals surface area contributed by atoms with Crippen molar-refractivity contribution < 1.29 is 4.79 Å². The van der Waals surface area contributed by atoms with Crippen molar-refractivity contribution in [2.24, 2.45) is 0 Å². The van der Waals surface area contributed by atoms with E-state index in [1.807, 2.05) is 66.4 Å². The summed E-state index contributed by atoms with van der Waals surface area (Å²) in [5, 5.41) is 0. The lowest BCUT2D eigenvalue weighted by atomic mass is 10.1. The number of carbonyl (C=O) groups is 1. The number of anilines is 1. The molecule has 0 spiro atoms. The van der Waals surface area contributed by atoms with E-state index in [1.165, 1.54) is 0 Å². The highest BCUT2D eigenvalue weighted by Crippen LogP contribution is 2.10. The van der Waals surface area contributed by atoms with Gasteiger partial charge in [0.1, 0.15) is 0 Å². The molecule has 2 N–H and O–H groups in total. The van der Waals surface area contributed by atoms with Crippen LogP contribution in [0.3, 0.4) is 0 Å². The molecule has 0 unspecified atom stereocenters. The van der Waals surface area contributed by atoms with Gasteiger partial charge in [-0.25, -0.2) is 0 Å². The molecule has 0 aliphatic heterocycles. The minimum absolute atomic E-state index is 0.127. The monoisotopic (exact) mass is 268 g/mol. The molecule has 0 aliphatic carbocycles. The van der Waals surface area contributed by atoms with Crippen LogP contribution in [-0.4, -0.2) is 17.4 Å². The highest BCUT2D eigenvalue weighted by molar-refractivity contribution is 5.79. The van der Waals surface area contributed by atoms with Gasteiger partial charge in [-0.1, -0.05) is 42.5 Å². The van der Waals surface area contributed by atoms with Crippen LogP contribution in [0.15, 0.2) is 54.6 Å². The molecule has 0 heterocycles. The Morgan fingerprint density at radius 1 is 1.05 bits per heavy atom. The molecule has 0 aromatic heterocycles. The highest BCUT2D eigenvalue weighted by Gasteiger charge is 2.12. The molecular formula is C17H20N2O. The van der Waals surface area contributed by atoms with Crippen molar-refractivity contribution in [3.05, 3.63) is 65.7 Å².